The Balaban J connectivity index is 1.80. The Hall–Kier alpha value is -1.37. The molecule has 0 aromatic heterocycles. The summed E-state index contributed by atoms with van der Waals surface area (Å²) >= 11 is 6.61. The monoisotopic (exact) mass is 428 g/mol. The van der Waals surface area contributed by atoms with E-state index in [1.54, 1.807) is 24.3 Å². The van der Waals surface area contributed by atoms with Crippen molar-refractivity contribution in [2.45, 2.75) is 6.10 Å². The standard InChI is InChI=1S/C16H14Br2O4/c17-12-6-11(7-13(18)8-12)16(20)22-10-14(19)9-21-15-4-2-1-3-5-15/h1-8,14,19H,9-10H2. The number of hydrogen-bond acceptors (Lipinski definition) is 4. The molecule has 0 saturated carbocycles. The molecule has 1 unspecified atom stereocenters. The van der Waals surface area contributed by atoms with Crippen LogP contribution in [0.4, 0.5) is 0 Å². The number of aliphatic hydroxyl groups excluding tert-OH is 1. The predicted molar refractivity (Wildman–Crippen MR) is 90.1 cm³/mol. The van der Waals surface area contributed by atoms with Crippen molar-refractivity contribution in [2.24, 2.45) is 0 Å². The molecule has 1 atom stereocenters. The van der Waals surface area contributed by atoms with Crippen molar-refractivity contribution in [3.8, 4) is 5.75 Å². The third-order valence-corrected chi connectivity index (χ3v) is 3.61. The number of hydrogen-bond donors (Lipinski definition) is 1. The van der Waals surface area contributed by atoms with Crippen LogP contribution in [-0.2, 0) is 4.74 Å². The minimum Gasteiger partial charge on any atom is -0.491 e. The molecule has 4 nitrogen and oxygen atoms in total. The van der Waals surface area contributed by atoms with Gasteiger partial charge in [0.2, 0.25) is 0 Å². The van der Waals surface area contributed by atoms with Crippen molar-refractivity contribution in [3.63, 3.8) is 0 Å². The molecule has 0 saturated heterocycles. The van der Waals surface area contributed by atoms with Gasteiger partial charge in [-0.1, -0.05) is 50.1 Å². The van der Waals surface area contributed by atoms with E-state index in [2.05, 4.69) is 31.9 Å². The van der Waals surface area contributed by atoms with Crippen molar-refractivity contribution in [1.29, 1.82) is 0 Å². The summed E-state index contributed by atoms with van der Waals surface area (Å²) in [6.07, 6.45) is -0.889. The molecule has 6 heteroatoms. The number of carbonyl (C=O) groups is 1. The van der Waals surface area contributed by atoms with Crippen LogP contribution in [0, 0.1) is 0 Å². The fourth-order valence-corrected chi connectivity index (χ4v) is 2.98. The Morgan fingerprint density at radius 3 is 2.32 bits per heavy atom. The Bertz CT molecular complexity index is 611. The molecule has 116 valence electrons. The Morgan fingerprint density at radius 2 is 1.68 bits per heavy atom. The SMILES string of the molecule is O=C(OCC(O)COc1ccccc1)c1cc(Br)cc(Br)c1. The predicted octanol–water partition coefficient (Wildman–Crippen LogP) is 3.81. The topological polar surface area (TPSA) is 55.8 Å². The maximum Gasteiger partial charge on any atom is 0.338 e. The number of esters is 1. The van der Waals surface area contributed by atoms with Crippen LogP contribution in [0.25, 0.3) is 0 Å². The average Bonchev–Trinajstić information content (AvgIpc) is 2.50. The maximum absolute atomic E-state index is 11.9. The number of aliphatic hydroxyl groups is 1. The molecule has 0 heterocycles. The van der Waals surface area contributed by atoms with Gasteiger partial charge in [0.05, 0.1) is 5.56 Å². The number of ether oxygens (including phenoxy) is 2. The summed E-state index contributed by atoms with van der Waals surface area (Å²) in [6, 6.07) is 14.3. The molecule has 0 bridgehead atoms. The Kier molecular flexibility index (Phi) is 6.42. The summed E-state index contributed by atoms with van der Waals surface area (Å²) in [6.45, 7) is -0.0741. The lowest BCUT2D eigenvalue weighted by Gasteiger charge is -2.13. The fraction of sp³-hybridized carbons (Fsp3) is 0.188. The molecule has 22 heavy (non-hydrogen) atoms. The third-order valence-electron chi connectivity index (χ3n) is 2.69. The maximum atomic E-state index is 11.9. The van der Waals surface area contributed by atoms with Crippen molar-refractivity contribution >= 4 is 37.8 Å². The van der Waals surface area contributed by atoms with E-state index in [1.165, 1.54) is 0 Å². The lowest BCUT2D eigenvalue weighted by molar-refractivity contribution is 0.0130. The van der Waals surface area contributed by atoms with E-state index in [9.17, 15) is 9.90 Å². The summed E-state index contributed by atoms with van der Waals surface area (Å²) < 4.78 is 12.0. The van der Waals surface area contributed by atoms with Gasteiger partial charge < -0.3 is 14.6 Å². The minimum atomic E-state index is -0.889. The van der Waals surface area contributed by atoms with E-state index < -0.39 is 12.1 Å². The number of para-hydroxylation sites is 1. The second-order valence-electron chi connectivity index (χ2n) is 4.53. The summed E-state index contributed by atoms with van der Waals surface area (Å²) in [5.41, 5.74) is 0.400. The van der Waals surface area contributed by atoms with Crippen LogP contribution in [0.5, 0.6) is 5.75 Å². The van der Waals surface area contributed by atoms with Crippen molar-refractivity contribution < 1.29 is 19.4 Å². The first kappa shape index (κ1) is 17.0. The zero-order valence-electron chi connectivity index (χ0n) is 11.5. The van der Waals surface area contributed by atoms with Gasteiger partial charge in [0, 0.05) is 8.95 Å². The van der Waals surface area contributed by atoms with Gasteiger partial charge in [-0.05, 0) is 30.3 Å². The first-order valence-corrected chi connectivity index (χ1v) is 8.12. The molecule has 0 fully saturated rings. The van der Waals surface area contributed by atoms with Crippen LogP contribution >= 0.6 is 31.9 Å². The van der Waals surface area contributed by atoms with Crippen molar-refractivity contribution in [3.05, 3.63) is 63.0 Å². The average molecular weight is 430 g/mol. The van der Waals surface area contributed by atoms with Crippen LogP contribution in [0.15, 0.2) is 57.5 Å². The molecule has 1 N–H and O–H groups in total. The quantitative estimate of drug-likeness (QED) is 0.709. The normalized spacial score (nSPS) is 11.8. The lowest BCUT2D eigenvalue weighted by atomic mass is 10.2. The summed E-state index contributed by atoms with van der Waals surface area (Å²) in [5, 5.41) is 9.79. The summed E-state index contributed by atoms with van der Waals surface area (Å²) in [4.78, 5) is 11.9. The lowest BCUT2D eigenvalue weighted by Crippen LogP contribution is -2.25. The van der Waals surface area contributed by atoms with E-state index in [4.69, 9.17) is 9.47 Å². The van der Waals surface area contributed by atoms with Gasteiger partial charge in [-0.2, -0.15) is 0 Å². The van der Waals surface area contributed by atoms with Crippen LogP contribution < -0.4 is 4.74 Å². The first-order valence-electron chi connectivity index (χ1n) is 6.54. The Labute approximate surface area is 145 Å². The molecule has 0 amide bonds. The van der Waals surface area contributed by atoms with Crippen LogP contribution in [0.3, 0.4) is 0 Å². The van der Waals surface area contributed by atoms with Crippen LogP contribution in [0.1, 0.15) is 10.4 Å². The minimum absolute atomic E-state index is 0.0550. The summed E-state index contributed by atoms with van der Waals surface area (Å²) in [5.74, 6) is 0.157. The number of halogens is 2. The van der Waals surface area contributed by atoms with E-state index in [0.717, 1.165) is 8.95 Å². The Morgan fingerprint density at radius 1 is 1.05 bits per heavy atom. The molecule has 0 spiro atoms. The fourth-order valence-electron chi connectivity index (χ4n) is 1.68. The van der Waals surface area contributed by atoms with Crippen molar-refractivity contribution in [1.82, 2.24) is 0 Å². The molecule has 0 aliphatic heterocycles. The van der Waals surface area contributed by atoms with Gasteiger partial charge >= 0.3 is 5.97 Å². The molecular formula is C16H14Br2O4. The zero-order valence-corrected chi connectivity index (χ0v) is 14.7. The highest BCUT2D eigenvalue weighted by atomic mass is 79.9. The molecular weight excluding hydrogens is 416 g/mol. The van der Waals surface area contributed by atoms with Crippen molar-refractivity contribution in [2.75, 3.05) is 13.2 Å². The van der Waals surface area contributed by atoms with Crippen LogP contribution in [-0.4, -0.2) is 30.4 Å². The van der Waals surface area contributed by atoms with Gasteiger partial charge in [-0.25, -0.2) is 4.79 Å². The second kappa shape index (κ2) is 8.31. The number of benzene rings is 2. The highest BCUT2D eigenvalue weighted by Crippen LogP contribution is 2.20. The number of carbonyl (C=O) groups excluding carboxylic acids is 1. The molecule has 2 aromatic rings. The summed E-state index contributed by atoms with van der Waals surface area (Å²) in [7, 11) is 0. The largest absolute Gasteiger partial charge is 0.491 e. The van der Waals surface area contributed by atoms with Gasteiger partial charge in [0.25, 0.3) is 0 Å². The second-order valence-corrected chi connectivity index (χ2v) is 6.37. The highest BCUT2D eigenvalue weighted by molar-refractivity contribution is 9.11. The molecule has 0 aliphatic rings. The van der Waals surface area contributed by atoms with E-state index in [0.29, 0.717) is 11.3 Å². The van der Waals surface area contributed by atoms with Crippen LogP contribution in [0.2, 0.25) is 0 Å². The molecule has 2 rings (SSSR count). The first-order chi connectivity index (χ1) is 10.5. The molecule has 0 radical (unpaired) electrons. The number of rotatable bonds is 6. The third kappa shape index (κ3) is 5.44. The van der Waals surface area contributed by atoms with E-state index in [1.807, 2.05) is 24.3 Å². The van der Waals surface area contributed by atoms with Gasteiger partial charge in [-0.15, -0.1) is 0 Å². The zero-order chi connectivity index (χ0) is 15.9. The van der Waals surface area contributed by atoms with E-state index in [-0.39, 0.29) is 13.2 Å². The highest BCUT2D eigenvalue weighted by Gasteiger charge is 2.13. The van der Waals surface area contributed by atoms with Gasteiger partial charge in [0.15, 0.2) is 0 Å². The van der Waals surface area contributed by atoms with Gasteiger partial charge in [-0.3, -0.25) is 0 Å². The van der Waals surface area contributed by atoms with E-state index >= 15 is 0 Å². The molecule has 2 aromatic carbocycles. The smallest absolute Gasteiger partial charge is 0.338 e. The molecule has 0 aliphatic carbocycles. The van der Waals surface area contributed by atoms with Gasteiger partial charge in [0.1, 0.15) is 25.1 Å².